The zero-order chi connectivity index (χ0) is 13.1. The Morgan fingerprint density at radius 3 is 2.44 bits per heavy atom. The van der Waals surface area contributed by atoms with Crippen molar-refractivity contribution in [3.8, 4) is 0 Å². The van der Waals surface area contributed by atoms with Gasteiger partial charge in [-0.3, -0.25) is 4.90 Å². The molecule has 0 unspecified atom stereocenters. The SMILES string of the molecule is Cc1cccc(N2CCN(C[C@H](C)N)CC2)c1C. The van der Waals surface area contributed by atoms with Crippen LogP contribution in [0.5, 0.6) is 0 Å². The van der Waals surface area contributed by atoms with Crippen LogP contribution in [0.15, 0.2) is 18.2 Å². The second kappa shape index (κ2) is 5.72. The molecular weight excluding hydrogens is 222 g/mol. The smallest absolute Gasteiger partial charge is 0.0399 e. The fraction of sp³-hybridized carbons (Fsp3) is 0.600. The molecule has 0 spiro atoms. The van der Waals surface area contributed by atoms with Crippen molar-refractivity contribution in [2.24, 2.45) is 5.73 Å². The minimum absolute atomic E-state index is 0.275. The average molecular weight is 247 g/mol. The van der Waals surface area contributed by atoms with Crippen molar-refractivity contribution >= 4 is 5.69 Å². The van der Waals surface area contributed by atoms with Crippen LogP contribution >= 0.6 is 0 Å². The van der Waals surface area contributed by atoms with Gasteiger partial charge in [0.05, 0.1) is 0 Å². The van der Waals surface area contributed by atoms with E-state index in [-0.39, 0.29) is 6.04 Å². The third-order valence-corrected chi connectivity index (χ3v) is 3.84. The first-order chi connectivity index (χ1) is 8.58. The van der Waals surface area contributed by atoms with E-state index in [2.05, 4.69) is 48.8 Å². The molecule has 1 heterocycles. The summed E-state index contributed by atoms with van der Waals surface area (Å²) in [6.07, 6.45) is 0. The van der Waals surface area contributed by atoms with Gasteiger partial charge in [-0.15, -0.1) is 0 Å². The first kappa shape index (κ1) is 13.4. The second-order valence-corrected chi connectivity index (χ2v) is 5.48. The largest absolute Gasteiger partial charge is 0.369 e. The summed E-state index contributed by atoms with van der Waals surface area (Å²) < 4.78 is 0. The fourth-order valence-electron chi connectivity index (χ4n) is 2.66. The lowest BCUT2D eigenvalue weighted by Gasteiger charge is -2.37. The van der Waals surface area contributed by atoms with Crippen LogP contribution in [0.4, 0.5) is 5.69 Å². The van der Waals surface area contributed by atoms with Crippen LogP contribution in [-0.4, -0.2) is 43.7 Å². The van der Waals surface area contributed by atoms with E-state index in [0.717, 1.165) is 32.7 Å². The predicted molar refractivity (Wildman–Crippen MR) is 78.2 cm³/mol. The number of anilines is 1. The number of rotatable bonds is 3. The maximum absolute atomic E-state index is 5.86. The van der Waals surface area contributed by atoms with Gasteiger partial charge in [-0.1, -0.05) is 12.1 Å². The number of nitrogens with two attached hydrogens (primary N) is 1. The first-order valence-electron chi connectivity index (χ1n) is 6.87. The molecule has 0 aromatic heterocycles. The summed E-state index contributed by atoms with van der Waals surface area (Å²) in [6, 6.07) is 6.86. The molecular formula is C15H25N3. The third-order valence-electron chi connectivity index (χ3n) is 3.84. The van der Waals surface area contributed by atoms with Crippen LogP contribution in [0, 0.1) is 13.8 Å². The maximum Gasteiger partial charge on any atom is 0.0399 e. The zero-order valence-corrected chi connectivity index (χ0v) is 11.8. The third kappa shape index (κ3) is 3.03. The molecule has 0 aliphatic carbocycles. The molecule has 2 N–H and O–H groups in total. The number of hydrogen-bond acceptors (Lipinski definition) is 3. The summed E-state index contributed by atoms with van der Waals surface area (Å²) in [4.78, 5) is 4.96. The fourth-order valence-corrected chi connectivity index (χ4v) is 2.66. The van der Waals surface area contributed by atoms with Gasteiger partial charge in [-0.2, -0.15) is 0 Å². The number of aryl methyl sites for hydroxylation is 1. The van der Waals surface area contributed by atoms with Crippen LogP contribution in [0.2, 0.25) is 0 Å². The van der Waals surface area contributed by atoms with Crippen molar-refractivity contribution in [3.63, 3.8) is 0 Å². The van der Waals surface area contributed by atoms with Gasteiger partial charge in [0.2, 0.25) is 0 Å². The molecule has 1 aliphatic rings. The summed E-state index contributed by atoms with van der Waals surface area (Å²) in [7, 11) is 0. The van der Waals surface area contributed by atoms with E-state index in [1.54, 1.807) is 0 Å². The van der Waals surface area contributed by atoms with E-state index in [0.29, 0.717) is 0 Å². The molecule has 0 amide bonds. The van der Waals surface area contributed by atoms with Gasteiger partial charge in [0.15, 0.2) is 0 Å². The second-order valence-electron chi connectivity index (χ2n) is 5.48. The number of benzene rings is 1. The van der Waals surface area contributed by atoms with E-state index in [1.807, 2.05) is 0 Å². The van der Waals surface area contributed by atoms with Crippen molar-refractivity contribution < 1.29 is 0 Å². The Labute approximate surface area is 111 Å². The molecule has 1 aromatic rings. The summed E-state index contributed by atoms with van der Waals surface area (Å²) in [5, 5.41) is 0. The van der Waals surface area contributed by atoms with E-state index in [4.69, 9.17) is 5.73 Å². The highest BCUT2D eigenvalue weighted by Gasteiger charge is 2.19. The van der Waals surface area contributed by atoms with E-state index < -0.39 is 0 Å². The molecule has 0 bridgehead atoms. The summed E-state index contributed by atoms with van der Waals surface area (Å²) in [5.74, 6) is 0. The topological polar surface area (TPSA) is 32.5 Å². The molecule has 1 fully saturated rings. The molecule has 0 radical (unpaired) electrons. The van der Waals surface area contributed by atoms with Gasteiger partial charge in [0.1, 0.15) is 0 Å². The molecule has 1 aliphatic heterocycles. The average Bonchev–Trinajstić information content (AvgIpc) is 2.33. The van der Waals surface area contributed by atoms with Crippen molar-refractivity contribution in [1.29, 1.82) is 0 Å². The molecule has 18 heavy (non-hydrogen) atoms. The molecule has 0 saturated carbocycles. The quantitative estimate of drug-likeness (QED) is 0.883. The highest BCUT2D eigenvalue weighted by atomic mass is 15.3. The standard InChI is InChI=1S/C15H25N3/c1-12-5-4-6-15(14(12)3)18-9-7-17(8-10-18)11-13(2)16/h4-6,13H,7-11,16H2,1-3H3/t13-/m0/s1. The molecule has 1 atom stereocenters. The van der Waals surface area contributed by atoms with Gasteiger partial charge in [-0.25, -0.2) is 0 Å². The first-order valence-corrected chi connectivity index (χ1v) is 6.87. The predicted octanol–water partition coefficient (Wildman–Crippen LogP) is 1.77. The molecule has 100 valence electrons. The molecule has 3 nitrogen and oxygen atoms in total. The highest BCUT2D eigenvalue weighted by Crippen LogP contribution is 2.23. The van der Waals surface area contributed by atoms with Gasteiger partial charge < -0.3 is 10.6 Å². The van der Waals surface area contributed by atoms with Crippen LogP contribution in [0.3, 0.4) is 0 Å². The van der Waals surface area contributed by atoms with Gasteiger partial charge in [0, 0.05) is 44.5 Å². The number of nitrogens with zero attached hydrogens (tertiary/aromatic N) is 2. The monoisotopic (exact) mass is 247 g/mol. The lowest BCUT2D eigenvalue weighted by Crippen LogP contribution is -2.49. The summed E-state index contributed by atoms with van der Waals surface area (Å²) in [5.41, 5.74) is 10.1. The highest BCUT2D eigenvalue weighted by molar-refractivity contribution is 5.56. The Morgan fingerprint density at radius 1 is 1.17 bits per heavy atom. The van der Waals surface area contributed by atoms with E-state index >= 15 is 0 Å². The van der Waals surface area contributed by atoms with Gasteiger partial charge in [-0.05, 0) is 38.0 Å². The maximum atomic E-state index is 5.86. The molecule has 1 aromatic carbocycles. The van der Waals surface area contributed by atoms with Gasteiger partial charge >= 0.3 is 0 Å². The Bertz CT molecular complexity index is 393. The number of piperazine rings is 1. The van der Waals surface area contributed by atoms with Gasteiger partial charge in [0.25, 0.3) is 0 Å². The van der Waals surface area contributed by atoms with Crippen LogP contribution in [-0.2, 0) is 0 Å². The Balaban J connectivity index is 1.99. The Hall–Kier alpha value is -1.06. The van der Waals surface area contributed by atoms with Crippen LogP contribution in [0.25, 0.3) is 0 Å². The summed E-state index contributed by atoms with van der Waals surface area (Å²) in [6.45, 7) is 12.0. The zero-order valence-electron chi connectivity index (χ0n) is 11.8. The van der Waals surface area contributed by atoms with Crippen molar-refractivity contribution in [2.75, 3.05) is 37.6 Å². The minimum atomic E-state index is 0.275. The normalized spacial score (nSPS) is 19.0. The lowest BCUT2D eigenvalue weighted by atomic mass is 10.1. The van der Waals surface area contributed by atoms with E-state index in [9.17, 15) is 0 Å². The lowest BCUT2D eigenvalue weighted by molar-refractivity contribution is 0.246. The number of hydrogen-bond donors (Lipinski definition) is 1. The molecule has 2 rings (SSSR count). The van der Waals surface area contributed by atoms with Crippen molar-refractivity contribution in [1.82, 2.24) is 4.90 Å². The molecule has 3 heteroatoms. The van der Waals surface area contributed by atoms with Crippen LogP contribution in [0.1, 0.15) is 18.1 Å². The minimum Gasteiger partial charge on any atom is -0.369 e. The molecule has 1 saturated heterocycles. The van der Waals surface area contributed by atoms with Crippen molar-refractivity contribution in [3.05, 3.63) is 29.3 Å². The van der Waals surface area contributed by atoms with Crippen LogP contribution < -0.4 is 10.6 Å². The Kier molecular flexibility index (Phi) is 4.25. The van der Waals surface area contributed by atoms with Crippen molar-refractivity contribution in [2.45, 2.75) is 26.8 Å². The van der Waals surface area contributed by atoms with E-state index in [1.165, 1.54) is 16.8 Å². The summed E-state index contributed by atoms with van der Waals surface area (Å²) >= 11 is 0. The Morgan fingerprint density at radius 2 is 1.83 bits per heavy atom.